The molecule has 31 heavy (non-hydrogen) atoms. The number of benzene rings is 2. The number of likely N-dealkylation sites (tertiary alicyclic amines) is 1. The Balaban J connectivity index is 1.12. The van der Waals surface area contributed by atoms with Crippen LogP contribution < -0.4 is 9.47 Å². The first kappa shape index (κ1) is 20.1. The third-order valence-corrected chi connectivity index (χ3v) is 6.97. The van der Waals surface area contributed by atoms with Crippen LogP contribution in [0.25, 0.3) is 21.3 Å². The zero-order chi connectivity index (χ0) is 21.2. The molecule has 1 aliphatic rings. The number of carbonyl (C=O) groups is 1. The predicted octanol–water partition coefficient (Wildman–Crippen LogP) is 4.61. The number of aromatic nitrogens is 2. The van der Waals surface area contributed by atoms with E-state index in [1.165, 1.54) is 23.1 Å². The summed E-state index contributed by atoms with van der Waals surface area (Å²) in [5, 5.41) is 1.19. The van der Waals surface area contributed by atoms with E-state index in [4.69, 9.17) is 13.9 Å². The van der Waals surface area contributed by atoms with Gasteiger partial charge in [0, 0.05) is 32.0 Å². The summed E-state index contributed by atoms with van der Waals surface area (Å²) in [4.78, 5) is 23.5. The molecule has 0 spiro atoms. The van der Waals surface area contributed by atoms with Gasteiger partial charge < -0.3 is 18.8 Å². The van der Waals surface area contributed by atoms with Crippen molar-refractivity contribution in [2.45, 2.75) is 24.2 Å². The van der Waals surface area contributed by atoms with Crippen LogP contribution in [-0.2, 0) is 4.79 Å². The highest BCUT2D eigenvalue weighted by atomic mass is 32.2. The van der Waals surface area contributed by atoms with E-state index >= 15 is 0 Å². The fraction of sp³-hybridized carbons (Fsp3) is 0.318. The summed E-state index contributed by atoms with van der Waals surface area (Å²) in [6, 6.07) is 13.4. The monoisotopic (exact) mass is 455 g/mol. The van der Waals surface area contributed by atoms with E-state index in [1.807, 2.05) is 47.4 Å². The minimum absolute atomic E-state index is 0.0659. The third kappa shape index (κ3) is 4.47. The maximum absolute atomic E-state index is 12.6. The van der Waals surface area contributed by atoms with Crippen LogP contribution in [0.1, 0.15) is 12.8 Å². The maximum atomic E-state index is 12.6. The van der Waals surface area contributed by atoms with Crippen LogP contribution in [0.15, 0.2) is 52.1 Å². The molecule has 1 saturated heterocycles. The number of oxazole rings is 1. The number of para-hydroxylation sites is 2. The van der Waals surface area contributed by atoms with E-state index < -0.39 is 0 Å². The largest absolute Gasteiger partial charge is 0.497 e. The van der Waals surface area contributed by atoms with E-state index in [0.29, 0.717) is 29.3 Å². The molecule has 0 N–H and O–H groups in total. The van der Waals surface area contributed by atoms with Gasteiger partial charge in [-0.2, -0.15) is 0 Å². The van der Waals surface area contributed by atoms with Gasteiger partial charge in [0.2, 0.25) is 5.91 Å². The number of rotatable bonds is 6. The summed E-state index contributed by atoms with van der Waals surface area (Å²) < 4.78 is 18.1. The molecule has 160 valence electrons. The van der Waals surface area contributed by atoms with Gasteiger partial charge in [-0.05, 0) is 24.3 Å². The van der Waals surface area contributed by atoms with Crippen LogP contribution in [0.2, 0.25) is 0 Å². The molecule has 1 amide bonds. The number of carbonyl (C=O) groups excluding carboxylic acids is 1. The molecule has 4 aromatic rings. The van der Waals surface area contributed by atoms with Gasteiger partial charge in [-0.15, -0.1) is 0 Å². The summed E-state index contributed by atoms with van der Waals surface area (Å²) in [5.74, 6) is 1.20. The zero-order valence-corrected chi connectivity index (χ0v) is 18.6. The van der Waals surface area contributed by atoms with Gasteiger partial charge in [0.05, 0.1) is 23.1 Å². The number of ether oxygens (including phenoxy) is 2. The number of amides is 1. The highest BCUT2D eigenvalue weighted by molar-refractivity contribution is 7.99. The average molecular weight is 456 g/mol. The van der Waals surface area contributed by atoms with Crippen molar-refractivity contribution in [3.05, 3.63) is 42.5 Å². The van der Waals surface area contributed by atoms with Gasteiger partial charge in [0.25, 0.3) is 10.4 Å². The molecule has 0 atom stereocenters. The predicted molar refractivity (Wildman–Crippen MR) is 121 cm³/mol. The van der Waals surface area contributed by atoms with Crippen molar-refractivity contribution in [1.29, 1.82) is 0 Å². The molecule has 5 rings (SSSR count). The highest BCUT2D eigenvalue weighted by Gasteiger charge is 2.25. The number of fused-ring (bicyclic) bond motifs is 2. The zero-order valence-electron chi connectivity index (χ0n) is 16.9. The number of thioether (sulfide) groups is 1. The second-order valence-corrected chi connectivity index (χ2v) is 9.17. The standard InChI is InChI=1S/C22H21N3O4S2/c1-27-15-6-7-19-17(12-15)24-22(31-19)28-14-8-10-25(11-9-14)20(26)13-30-21-23-16-4-2-3-5-18(16)29-21/h2-7,12,14H,8-11,13H2,1H3. The van der Waals surface area contributed by atoms with E-state index in [0.717, 1.165) is 39.9 Å². The number of piperidine rings is 1. The van der Waals surface area contributed by atoms with Crippen LogP contribution in [-0.4, -0.2) is 52.8 Å². The van der Waals surface area contributed by atoms with E-state index in [1.54, 1.807) is 7.11 Å². The smallest absolute Gasteiger partial charge is 0.274 e. The summed E-state index contributed by atoms with van der Waals surface area (Å²) in [7, 11) is 1.64. The second kappa shape index (κ2) is 8.76. The first-order chi connectivity index (χ1) is 15.2. The molecule has 9 heteroatoms. The van der Waals surface area contributed by atoms with Crippen molar-refractivity contribution < 1.29 is 18.7 Å². The topological polar surface area (TPSA) is 77.7 Å². The average Bonchev–Trinajstić information content (AvgIpc) is 3.40. The number of hydrogen-bond donors (Lipinski definition) is 0. The van der Waals surface area contributed by atoms with Gasteiger partial charge in [-0.1, -0.05) is 35.2 Å². The van der Waals surface area contributed by atoms with Crippen molar-refractivity contribution >= 4 is 50.3 Å². The lowest BCUT2D eigenvalue weighted by molar-refractivity contribution is -0.130. The van der Waals surface area contributed by atoms with Crippen molar-refractivity contribution in [3.63, 3.8) is 0 Å². The Hall–Kier alpha value is -2.78. The SMILES string of the molecule is COc1ccc2sc(OC3CCN(C(=O)CSc4nc5ccccc5o4)CC3)nc2c1. The van der Waals surface area contributed by atoms with Gasteiger partial charge >= 0.3 is 0 Å². The van der Waals surface area contributed by atoms with Crippen LogP contribution >= 0.6 is 23.1 Å². The quantitative estimate of drug-likeness (QED) is 0.393. The molecule has 0 saturated carbocycles. The molecule has 1 aliphatic heterocycles. The Bertz CT molecular complexity index is 1180. The van der Waals surface area contributed by atoms with Gasteiger partial charge in [0.1, 0.15) is 17.4 Å². The Kier molecular flexibility index (Phi) is 5.69. The molecular formula is C22H21N3O4S2. The van der Waals surface area contributed by atoms with Gasteiger partial charge in [-0.3, -0.25) is 4.79 Å². The molecule has 0 aliphatic carbocycles. The van der Waals surface area contributed by atoms with Gasteiger partial charge in [-0.25, -0.2) is 9.97 Å². The second-order valence-electron chi connectivity index (χ2n) is 7.25. The van der Waals surface area contributed by atoms with E-state index in [2.05, 4.69) is 9.97 Å². The lowest BCUT2D eigenvalue weighted by atomic mass is 10.1. The normalized spacial score (nSPS) is 14.9. The molecule has 0 radical (unpaired) electrons. The van der Waals surface area contributed by atoms with Crippen LogP contribution in [0.5, 0.6) is 10.9 Å². The lowest BCUT2D eigenvalue weighted by Gasteiger charge is -2.31. The van der Waals surface area contributed by atoms with Crippen molar-refractivity contribution in [2.24, 2.45) is 0 Å². The molecule has 1 fully saturated rings. The number of thiazole rings is 1. The van der Waals surface area contributed by atoms with E-state index in [-0.39, 0.29) is 12.0 Å². The van der Waals surface area contributed by atoms with Crippen LogP contribution in [0.4, 0.5) is 0 Å². The maximum Gasteiger partial charge on any atom is 0.274 e. The summed E-state index contributed by atoms with van der Waals surface area (Å²) in [5.41, 5.74) is 2.43. The first-order valence-electron chi connectivity index (χ1n) is 10.1. The Morgan fingerprint density at radius 2 is 2.03 bits per heavy atom. The van der Waals surface area contributed by atoms with Crippen molar-refractivity contribution in [2.75, 3.05) is 26.0 Å². The highest BCUT2D eigenvalue weighted by Crippen LogP contribution is 2.32. The molecule has 2 aromatic carbocycles. The molecule has 0 unspecified atom stereocenters. The first-order valence-corrected chi connectivity index (χ1v) is 11.9. The van der Waals surface area contributed by atoms with Crippen molar-refractivity contribution in [1.82, 2.24) is 14.9 Å². The summed E-state index contributed by atoms with van der Waals surface area (Å²) in [6.07, 6.45) is 1.65. The Morgan fingerprint density at radius 1 is 1.19 bits per heavy atom. The van der Waals surface area contributed by atoms with E-state index in [9.17, 15) is 4.79 Å². The molecule has 3 heterocycles. The third-order valence-electron chi connectivity index (χ3n) is 5.23. The Labute approximate surface area is 187 Å². The summed E-state index contributed by atoms with van der Waals surface area (Å²) >= 11 is 2.87. The molecule has 7 nitrogen and oxygen atoms in total. The fourth-order valence-corrected chi connectivity index (χ4v) is 5.16. The molecule has 2 aromatic heterocycles. The number of methoxy groups -OCH3 is 1. The summed E-state index contributed by atoms with van der Waals surface area (Å²) in [6.45, 7) is 1.35. The van der Waals surface area contributed by atoms with Crippen molar-refractivity contribution in [3.8, 4) is 10.9 Å². The number of nitrogens with zero attached hydrogens (tertiary/aromatic N) is 3. The minimum atomic E-state index is 0.0659. The molecule has 0 bridgehead atoms. The minimum Gasteiger partial charge on any atom is -0.497 e. The molecular weight excluding hydrogens is 434 g/mol. The lowest BCUT2D eigenvalue weighted by Crippen LogP contribution is -2.42. The van der Waals surface area contributed by atoms with Crippen LogP contribution in [0.3, 0.4) is 0 Å². The fourth-order valence-electron chi connectivity index (χ4n) is 3.56. The van der Waals surface area contributed by atoms with Gasteiger partial charge in [0.15, 0.2) is 5.58 Å². The van der Waals surface area contributed by atoms with Crippen LogP contribution in [0, 0.1) is 0 Å². The number of hydrogen-bond acceptors (Lipinski definition) is 8. The Morgan fingerprint density at radius 3 is 2.84 bits per heavy atom.